The Balaban J connectivity index is 2.88. The maximum Gasteiger partial charge on any atom is 0.416 e. The van der Waals surface area contributed by atoms with Crippen molar-refractivity contribution in [1.29, 1.82) is 0 Å². The van der Waals surface area contributed by atoms with Gasteiger partial charge >= 0.3 is 12.2 Å². The number of amides is 2. The lowest BCUT2D eigenvalue weighted by Crippen LogP contribution is -2.41. The predicted octanol–water partition coefficient (Wildman–Crippen LogP) is 2.40. The molecule has 0 aromatic carbocycles. The van der Waals surface area contributed by atoms with E-state index in [-0.39, 0.29) is 13.1 Å². The van der Waals surface area contributed by atoms with E-state index in [1.807, 2.05) is 13.0 Å². The number of ether oxygens (including phenoxy) is 1. The highest BCUT2D eigenvalue weighted by Crippen LogP contribution is 2.16. The van der Waals surface area contributed by atoms with Gasteiger partial charge in [0, 0.05) is 19.3 Å². The van der Waals surface area contributed by atoms with Crippen LogP contribution in [-0.2, 0) is 4.74 Å². The Hall–Kier alpha value is -2.31. The molecule has 1 aromatic rings. The van der Waals surface area contributed by atoms with Crippen molar-refractivity contribution >= 4 is 18.0 Å². The lowest BCUT2D eigenvalue weighted by molar-refractivity contribution is 0.0579. The Morgan fingerprint density at radius 3 is 2.62 bits per heavy atom. The zero-order chi connectivity index (χ0) is 16.0. The maximum atomic E-state index is 12.2. The molecule has 0 aliphatic carbocycles. The van der Waals surface area contributed by atoms with Gasteiger partial charge in [-0.1, -0.05) is 0 Å². The van der Waals surface area contributed by atoms with Crippen LogP contribution in [0.15, 0.2) is 18.3 Å². The summed E-state index contributed by atoms with van der Waals surface area (Å²) in [5.41, 5.74) is 0.305. The molecule has 0 aliphatic rings. The van der Waals surface area contributed by atoms with Crippen molar-refractivity contribution in [3.8, 4) is 0 Å². The summed E-state index contributed by atoms with van der Waals surface area (Å²) in [6, 6.07) is 3.55. The number of nitrogens with zero attached hydrogens (tertiary/aromatic N) is 2. The highest BCUT2D eigenvalue weighted by Gasteiger charge is 2.24. The number of aromatic nitrogens is 1. The molecule has 0 unspecified atom stereocenters. The van der Waals surface area contributed by atoms with E-state index < -0.39 is 17.8 Å². The van der Waals surface area contributed by atoms with Crippen molar-refractivity contribution < 1.29 is 19.4 Å². The Labute approximate surface area is 123 Å². The number of anilines is 1. The summed E-state index contributed by atoms with van der Waals surface area (Å²) in [7, 11) is 0. The fourth-order valence-corrected chi connectivity index (χ4v) is 1.56. The van der Waals surface area contributed by atoms with E-state index in [1.165, 1.54) is 4.90 Å². The van der Waals surface area contributed by atoms with Gasteiger partial charge in [0.15, 0.2) is 0 Å². The summed E-state index contributed by atoms with van der Waals surface area (Å²) < 4.78 is 5.32. The molecule has 21 heavy (non-hydrogen) atoms. The van der Waals surface area contributed by atoms with Gasteiger partial charge in [-0.25, -0.2) is 14.6 Å². The minimum Gasteiger partial charge on any atom is -0.465 e. The SMILES string of the molecule is Cc1ccnc(N(CCNC(=O)O)C(=O)OC(C)(C)C)c1. The first-order valence-corrected chi connectivity index (χ1v) is 6.59. The molecule has 2 amide bonds. The summed E-state index contributed by atoms with van der Waals surface area (Å²) >= 11 is 0. The molecule has 116 valence electrons. The van der Waals surface area contributed by atoms with Gasteiger partial charge in [-0.3, -0.25) is 4.90 Å². The second kappa shape index (κ2) is 6.92. The number of nitrogens with one attached hydrogen (secondary N) is 1. The third-order valence-corrected chi connectivity index (χ3v) is 2.40. The van der Waals surface area contributed by atoms with E-state index >= 15 is 0 Å². The molecule has 7 nitrogen and oxygen atoms in total. The van der Waals surface area contributed by atoms with Crippen LogP contribution in [0.25, 0.3) is 0 Å². The summed E-state index contributed by atoms with van der Waals surface area (Å²) in [6.07, 6.45) is -0.115. The van der Waals surface area contributed by atoms with Crippen LogP contribution in [0.4, 0.5) is 15.4 Å². The van der Waals surface area contributed by atoms with Gasteiger partial charge in [0.05, 0.1) is 0 Å². The molecule has 0 fully saturated rings. The van der Waals surface area contributed by atoms with E-state index in [0.717, 1.165) is 5.56 Å². The molecule has 0 aliphatic heterocycles. The van der Waals surface area contributed by atoms with Crippen LogP contribution in [0.5, 0.6) is 0 Å². The summed E-state index contributed by atoms with van der Waals surface area (Å²) in [6.45, 7) is 7.41. The van der Waals surface area contributed by atoms with Crippen molar-refractivity contribution in [2.45, 2.75) is 33.3 Å². The molecular weight excluding hydrogens is 274 g/mol. The van der Waals surface area contributed by atoms with Crippen LogP contribution >= 0.6 is 0 Å². The molecule has 0 bridgehead atoms. The zero-order valence-electron chi connectivity index (χ0n) is 12.7. The first-order chi connectivity index (χ1) is 9.69. The fourth-order valence-electron chi connectivity index (χ4n) is 1.56. The van der Waals surface area contributed by atoms with Gasteiger partial charge in [0.2, 0.25) is 0 Å². The molecular formula is C14H21N3O4. The van der Waals surface area contributed by atoms with Gasteiger partial charge in [-0.2, -0.15) is 0 Å². The second-order valence-electron chi connectivity index (χ2n) is 5.56. The van der Waals surface area contributed by atoms with Crippen LogP contribution in [0, 0.1) is 6.92 Å². The molecule has 1 rings (SSSR count). The largest absolute Gasteiger partial charge is 0.465 e. The van der Waals surface area contributed by atoms with Crippen molar-refractivity contribution in [2.24, 2.45) is 0 Å². The molecule has 7 heteroatoms. The van der Waals surface area contributed by atoms with Crippen LogP contribution in [-0.4, -0.2) is 41.0 Å². The first-order valence-electron chi connectivity index (χ1n) is 6.59. The standard InChI is InChI=1S/C14H21N3O4/c1-10-5-6-15-11(9-10)17(8-7-16-12(18)19)13(20)21-14(2,3)4/h5-6,9,16H,7-8H2,1-4H3,(H,18,19). The lowest BCUT2D eigenvalue weighted by atomic mass is 10.2. The van der Waals surface area contributed by atoms with E-state index in [9.17, 15) is 9.59 Å². The first kappa shape index (κ1) is 16.7. The number of hydrogen-bond acceptors (Lipinski definition) is 4. The van der Waals surface area contributed by atoms with Crippen LogP contribution < -0.4 is 10.2 Å². The minimum atomic E-state index is -1.14. The van der Waals surface area contributed by atoms with Crippen molar-refractivity contribution in [3.63, 3.8) is 0 Å². The highest BCUT2D eigenvalue weighted by atomic mass is 16.6. The third-order valence-electron chi connectivity index (χ3n) is 2.40. The van der Waals surface area contributed by atoms with E-state index in [0.29, 0.717) is 5.82 Å². The van der Waals surface area contributed by atoms with Gasteiger partial charge < -0.3 is 15.2 Å². The Morgan fingerprint density at radius 2 is 2.10 bits per heavy atom. The van der Waals surface area contributed by atoms with Gasteiger partial charge in [-0.15, -0.1) is 0 Å². The molecule has 0 radical (unpaired) electrons. The average molecular weight is 295 g/mol. The van der Waals surface area contributed by atoms with Crippen LogP contribution in [0.2, 0.25) is 0 Å². The molecule has 2 N–H and O–H groups in total. The van der Waals surface area contributed by atoms with Crippen molar-refractivity contribution in [3.05, 3.63) is 23.9 Å². The Bertz CT molecular complexity index is 511. The van der Waals surface area contributed by atoms with Crippen LogP contribution in [0.3, 0.4) is 0 Å². The molecule has 0 saturated carbocycles. The molecule has 1 aromatic heterocycles. The number of pyridine rings is 1. The summed E-state index contributed by atoms with van der Waals surface area (Å²) in [4.78, 5) is 28.2. The number of carbonyl (C=O) groups excluding carboxylic acids is 1. The fraction of sp³-hybridized carbons (Fsp3) is 0.500. The number of hydrogen-bond donors (Lipinski definition) is 2. The minimum absolute atomic E-state index is 0.0875. The van der Waals surface area contributed by atoms with Gasteiger partial charge in [0.25, 0.3) is 0 Å². The quantitative estimate of drug-likeness (QED) is 0.890. The zero-order valence-corrected chi connectivity index (χ0v) is 12.7. The summed E-state index contributed by atoms with van der Waals surface area (Å²) in [5, 5.41) is 10.8. The number of aryl methyl sites for hydroxylation is 1. The van der Waals surface area contributed by atoms with E-state index in [2.05, 4.69) is 10.3 Å². The number of rotatable bonds is 4. The highest BCUT2D eigenvalue weighted by molar-refractivity contribution is 5.86. The normalized spacial score (nSPS) is 10.9. The van der Waals surface area contributed by atoms with Gasteiger partial charge in [-0.05, 0) is 45.4 Å². The third kappa shape index (κ3) is 6.11. The molecule has 0 spiro atoms. The number of carboxylic acid groups (broad SMARTS) is 1. The monoisotopic (exact) mass is 295 g/mol. The maximum absolute atomic E-state index is 12.2. The van der Waals surface area contributed by atoms with Crippen LogP contribution in [0.1, 0.15) is 26.3 Å². The number of carbonyl (C=O) groups is 2. The average Bonchev–Trinajstić information content (AvgIpc) is 2.31. The topological polar surface area (TPSA) is 91.8 Å². The smallest absolute Gasteiger partial charge is 0.416 e. The van der Waals surface area contributed by atoms with E-state index in [1.54, 1.807) is 33.0 Å². The summed E-state index contributed by atoms with van der Waals surface area (Å²) in [5.74, 6) is 0.427. The molecule has 1 heterocycles. The molecule has 0 saturated heterocycles. The van der Waals surface area contributed by atoms with Gasteiger partial charge in [0.1, 0.15) is 11.4 Å². The Morgan fingerprint density at radius 1 is 1.43 bits per heavy atom. The lowest BCUT2D eigenvalue weighted by Gasteiger charge is -2.26. The second-order valence-corrected chi connectivity index (χ2v) is 5.56. The van der Waals surface area contributed by atoms with Crippen molar-refractivity contribution in [1.82, 2.24) is 10.3 Å². The van der Waals surface area contributed by atoms with Crippen molar-refractivity contribution in [2.75, 3.05) is 18.0 Å². The van der Waals surface area contributed by atoms with E-state index in [4.69, 9.17) is 9.84 Å². The Kier molecular flexibility index (Phi) is 5.52. The predicted molar refractivity (Wildman–Crippen MR) is 78.6 cm³/mol. The molecule has 0 atom stereocenters.